The van der Waals surface area contributed by atoms with Gasteiger partial charge in [-0.05, 0) is 31.0 Å². The van der Waals surface area contributed by atoms with Gasteiger partial charge in [-0.25, -0.2) is 4.79 Å². The molecule has 3 amide bonds. The zero-order valence-electron chi connectivity index (χ0n) is 15.4. The number of likely N-dealkylation sites (N-methyl/N-ethyl adjacent to an activating group) is 1. The highest BCUT2D eigenvalue weighted by Crippen LogP contribution is 2.33. The van der Waals surface area contributed by atoms with Gasteiger partial charge in [0.2, 0.25) is 0 Å². The van der Waals surface area contributed by atoms with Crippen molar-refractivity contribution in [1.29, 1.82) is 0 Å². The molecule has 0 saturated carbocycles. The maximum atomic E-state index is 12.4. The highest BCUT2D eigenvalue weighted by molar-refractivity contribution is 5.98. The van der Waals surface area contributed by atoms with E-state index in [0.717, 1.165) is 11.1 Å². The predicted octanol–water partition coefficient (Wildman–Crippen LogP) is 2.60. The summed E-state index contributed by atoms with van der Waals surface area (Å²) in [5.41, 5.74) is 3.28. The number of hydrogen-bond acceptors (Lipinski definition) is 4. The van der Waals surface area contributed by atoms with Crippen LogP contribution >= 0.6 is 0 Å². The van der Waals surface area contributed by atoms with Gasteiger partial charge in [0.1, 0.15) is 5.75 Å². The fraction of sp³-hybridized carbons (Fsp3) is 0.300. The Bertz CT molecular complexity index is 836. The number of carbonyl (C=O) groups is 2. The van der Waals surface area contributed by atoms with Gasteiger partial charge in [-0.3, -0.25) is 4.79 Å². The summed E-state index contributed by atoms with van der Waals surface area (Å²) in [5.74, 6) is 0.422. The average Bonchev–Trinajstić information content (AvgIpc) is 2.65. The number of fused-ring (bicyclic) bond motifs is 1. The minimum Gasteiger partial charge on any atom is -0.481 e. The van der Waals surface area contributed by atoms with Crippen molar-refractivity contribution < 1.29 is 19.4 Å². The Morgan fingerprint density at radius 3 is 2.70 bits per heavy atom. The highest BCUT2D eigenvalue weighted by Gasteiger charge is 2.22. The third kappa shape index (κ3) is 4.38. The Hall–Kier alpha value is -3.06. The third-order valence-electron chi connectivity index (χ3n) is 4.51. The molecule has 0 fully saturated rings. The summed E-state index contributed by atoms with van der Waals surface area (Å²) >= 11 is 0. The van der Waals surface area contributed by atoms with Gasteiger partial charge >= 0.3 is 6.03 Å². The summed E-state index contributed by atoms with van der Waals surface area (Å²) in [7, 11) is 1.69. The number of anilines is 2. The number of aliphatic hydroxyl groups is 1. The van der Waals surface area contributed by atoms with Gasteiger partial charge in [0.25, 0.3) is 5.91 Å². The third-order valence-corrected chi connectivity index (χ3v) is 4.51. The molecule has 0 radical (unpaired) electrons. The monoisotopic (exact) mass is 369 g/mol. The summed E-state index contributed by atoms with van der Waals surface area (Å²) in [4.78, 5) is 25.6. The van der Waals surface area contributed by atoms with E-state index >= 15 is 0 Å². The van der Waals surface area contributed by atoms with Gasteiger partial charge in [0.15, 0.2) is 6.61 Å². The second-order valence-electron chi connectivity index (χ2n) is 6.50. The number of rotatable bonds is 5. The number of nitrogens with one attached hydrogen (secondary N) is 2. The molecule has 1 aliphatic rings. The molecule has 0 spiro atoms. The van der Waals surface area contributed by atoms with Crippen molar-refractivity contribution in [2.75, 3.05) is 30.5 Å². The molecule has 0 saturated heterocycles. The van der Waals surface area contributed by atoms with Crippen molar-refractivity contribution >= 4 is 23.3 Å². The Morgan fingerprint density at radius 1 is 1.26 bits per heavy atom. The van der Waals surface area contributed by atoms with Crippen molar-refractivity contribution in [2.45, 2.75) is 19.4 Å². The summed E-state index contributed by atoms with van der Waals surface area (Å²) in [6, 6.07) is 12.3. The molecule has 0 bridgehead atoms. The van der Waals surface area contributed by atoms with Gasteiger partial charge in [-0.2, -0.15) is 0 Å². The molecule has 1 atom stereocenters. The van der Waals surface area contributed by atoms with Crippen molar-refractivity contribution in [3.8, 4) is 5.75 Å². The van der Waals surface area contributed by atoms with Gasteiger partial charge < -0.3 is 25.4 Å². The van der Waals surface area contributed by atoms with E-state index in [-0.39, 0.29) is 31.2 Å². The first-order valence-electron chi connectivity index (χ1n) is 8.76. The topological polar surface area (TPSA) is 90.9 Å². The molecule has 0 aliphatic carbocycles. The number of urea groups is 1. The zero-order valence-corrected chi connectivity index (χ0v) is 15.4. The number of nitrogens with zero attached hydrogens (tertiary/aromatic N) is 1. The quantitative estimate of drug-likeness (QED) is 0.756. The van der Waals surface area contributed by atoms with E-state index in [0.29, 0.717) is 23.5 Å². The molecule has 27 heavy (non-hydrogen) atoms. The Morgan fingerprint density at radius 2 is 2.00 bits per heavy atom. The average molecular weight is 369 g/mol. The molecule has 1 aliphatic heterocycles. The molecule has 2 aromatic rings. The lowest BCUT2D eigenvalue weighted by atomic mass is 10.0. The normalized spacial score (nSPS) is 14.2. The molecule has 0 unspecified atom stereocenters. The first-order valence-corrected chi connectivity index (χ1v) is 8.76. The van der Waals surface area contributed by atoms with Crippen LogP contribution in [0.5, 0.6) is 5.75 Å². The van der Waals surface area contributed by atoms with E-state index in [1.165, 1.54) is 4.90 Å². The minimum atomic E-state index is -0.380. The van der Waals surface area contributed by atoms with Crippen molar-refractivity contribution in [1.82, 2.24) is 5.32 Å². The number of amides is 3. The van der Waals surface area contributed by atoms with Crippen LogP contribution in [-0.2, 0) is 4.79 Å². The first-order chi connectivity index (χ1) is 13.0. The number of ether oxygens (including phenoxy) is 1. The molecular formula is C20H23N3O4. The van der Waals surface area contributed by atoms with Crippen LogP contribution in [0.25, 0.3) is 0 Å². The summed E-state index contributed by atoms with van der Waals surface area (Å²) in [6.45, 7) is 1.94. The van der Waals surface area contributed by atoms with Crippen LogP contribution in [0.3, 0.4) is 0 Å². The molecule has 7 heteroatoms. The smallest absolute Gasteiger partial charge is 0.319 e. The lowest BCUT2D eigenvalue weighted by Gasteiger charge is -2.26. The highest BCUT2D eigenvalue weighted by atomic mass is 16.5. The first kappa shape index (κ1) is 18.7. The number of benzene rings is 2. The van der Waals surface area contributed by atoms with Crippen LogP contribution in [0, 0.1) is 6.92 Å². The summed E-state index contributed by atoms with van der Waals surface area (Å²) < 4.78 is 5.43. The van der Waals surface area contributed by atoms with Gasteiger partial charge in [-0.15, -0.1) is 0 Å². The van der Waals surface area contributed by atoms with E-state index < -0.39 is 0 Å². The number of aliphatic hydroxyl groups excluding tert-OH is 1. The van der Waals surface area contributed by atoms with Crippen molar-refractivity contribution in [2.24, 2.45) is 0 Å². The molecular weight excluding hydrogens is 346 g/mol. The standard InChI is InChI=1S/C20H23N3O4/c1-13-3-5-14(6-4-13)16(9-10-24)22-20(26)21-15-7-8-17-18(11-15)27-12-19(25)23(17)2/h3-8,11,16,24H,9-10,12H2,1-2H3,(H2,21,22,26)/t16-/m1/s1. The zero-order chi connectivity index (χ0) is 19.4. The van der Waals surface area contributed by atoms with Crippen LogP contribution < -0.4 is 20.3 Å². The van der Waals surface area contributed by atoms with E-state index in [1.54, 1.807) is 25.2 Å². The summed E-state index contributed by atoms with van der Waals surface area (Å²) in [6.07, 6.45) is 0.413. The Labute approximate surface area is 157 Å². The lowest BCUT2D eigenvalue weighted by molar-refractivity contribution is -0.120. The molecule has 3 N–H and O–H groups in total. The number of aryl methyl sites for hydroxylation is 1. The second kappa shape index (κ2) is 8.09. The maximum absolute atomic E-state index is 12.4. The number of carbonyl (C=O) groups excluding carboxylic acids is 2. The Kier molecular flexibility index (Phi) is 5.61. The fourth-order valence-electron chi connectivity index (χ4n) is 2.93. The maximum Gasteiger partial charge on any atom is 0.319 e. The van der Waals surface area contributed by atoms with Gasteiger partial charge in [-0.1, -0.05) is 29.8 Å². The molecule has 0 aromatic heterocycles. The van der Waals surface area contributed by atoms with Crippen LogP contribution in [0.2, 0.25) is 0 Å². The van der Waals surface area contributed by atoms with Crippen LogP contribution in [-0.4, -0.2) is 37.3 Å². The molecule has 7 nitrogen and oxygen atoms in total. The van der Waals surface area contributed by atoms with Crippen LogP contribution in [0.1, 0.15) is 23.6 Å². The summed E-state index contributed by atoms with van der Waals surface area (Å²) in [5, 5.41) is 15.0. The van der Waals surface area contributed by atoms with E-state index in [1.807, 2.05) is 31.2 Å². The minimum absolute atomic E-state index is 0.0227. The van der Waals surface area contributed by atoms with E-state index in [9.17, 15) is 14.7 Å². The SMILES string of the molecule is Cc1ccc([C@@H](CCO)NC(=O)Nc2ccc3c(c2)OCC(=O)N3C)cc1. The van der Waals surface area contributed by atoms with Gasteiger partial charge in [0.05, 0.1) is 11.7 Å². The van der Waals surface area contributed by atoms with E-state index in [2.05, 4.69) is 10.6 Å². The lowest BCUT2D eigenvalue weighted by Crippen LogP contribution is -2.35. The molecule has 2 aromatic carbocycles. The van der Waals surface area contributed by atoms with Crippen molar-refractivity contribution in [3.63, 3.8) is 0 Å². The van der Waals surface area contributed by atoms with Gasteiger partial charge in [0, 0.05) is 25.4 Å². The Balaban J connectivity index is 1.69. The predicted molar refractivity (Wildman–Crippen MR) is 103 cm³/mol. The fourth-order valence-corrected chi connectivity index (χ4v) is 2.93. The van der Waals surface area contributed by atoms with Crippen molar-refractivity contribution in [3.05, 3.63) is 53.6 Å². The van der Waals surface area contributed by atoms with E-state index in [4.69, 9.17) is 4.74 Å². The largest absolute Gasteiger partial charge is 0.481 e. The second-order valence-corrected chi connectivity index (χ2v) is 6.50. The molecule has 1 heterocycles. The molecule has 142 valence electrons. The number of hydrogen-bond donors (Lipinski definition) is 3. The van der Waals surface area contributed by atoms with Crippen LogP contribution in [0.15, 0.2) is 42.5 Å². The molecule has 3 rings (SSSR count). The van der Waals surface area contributed by atoms with Crippen LogP contribution in [0.4, 0.5) is 16.2 Å².